The number of nitrogens with zero attached hydrogens (tertiary/aromatic N) is 3. The summed E-state index contributed by atoms with van der Waals surface area (Å²) in [6.07, 6.45) is 0. The number of nitrogens with two attached hydrogens (primary N) is 1. The maximum Gasteiger partial charge on any atom is 0.341 e. The number of nitrogen functional groups attached to an aromatic ring is 1. The maximum atomic E-state index is 11.7. The van der Waals surface area contributed by atoms with E-state index in [-0.39, 0.29) is 18.0 Å². The van der Waals surface area contributed by atoms with Crippen molar-refractivity contribution in [3.8, 4) is 6.07 Å². The number of carbonyl (C=O) groups excluding carboxylic acids is 1. The fourth-order valence-corrected chi connectivity index (χ4v) is 1.99. The van der Waals surface area contributed by atoms with Gasteiger partial charge in [0.15, 0.2) is 0 Å². The number of nitriles is 1. The predicted octanol–water partition coefficient (Wildman–Crippen LogP) is 0.549. The van der Waals surface area contributed by atoms with Crippen molar-refractivity contribution >= 4 is 17.6 Å². The molecule has 0 bridgehead atoms. The largest absolute Gasteiger partial charge is 0.462 e. The second-order valence-corrected chi connectivity index (χ2v) is 4.22. The molecule has 1 saturated heterocycles. The number of morpholine rings is 1. The molecule has 1 fully saturated rings. The van der Waals surface area contributed by atoms with Gasteiger partial charge >= 0.3 is 5.97 Å². The number of anilines is 2. The third-order valence-electron chi connectivity index (χ3n) is 2.96. The fourth-order valence-electron chi connectivity index (χ4n) is 1.99. The molecule has 0 amide bonds. The number of carbonyl (C=O) groups is 1. The molecule has 7 nitrogen and oxygen atoms in total. The second-order valence-electron chi connectivity index (χ2n) is 4.22. The molecule has 1 aliphatic heterocycles. The lowest BCUT2D eigenvalue weighted by Gasteiger charge is -2.28. The van der Waals surface area contributed by atoms with E-state index >= 15 is 0 Å². The first-order valence-electron chi connectivity index (χ1n) is 6.37. The van der Waals surface area contributed by atoms with Crippen molar-refractivity contribution in [1.29, 1.82) is 5.26 Å². The molecule has 1 aromatic rings. The van der Waals surface area contributed by atoms with Crippen LogP contribution in [0.2, 0.25) is 0 Å². The molecule has 2 heterocycles. The van der Waals surface area contributed by atoms with Gasteiger partial charge in [-0.2, -0.15) is 5.26 Å². The van der Waals surface area contributed by atoms with Crippen molar-refractivity contribution in [2.24, 2.45) is 0 Å². The van der Waals surface area contributed by atoms with E-state index in [2.05, 4.69) is 4.98 Å². The summed E-state index contributed by atoms with van der Waals surface area (Å²) in [5.74, 6) is -0.00665. The number of rotatable bonds is 3. The Bertz CT molecular complexity index is 547. The van der Waals surface area contributed by atoms with E-state index in [0.717, 1.165) is 0 Å². The molecule has 0 aromatic carbocycles. The lowest BCUT2D eigenvalue weighted by molar-refractivity contribution is 0.0527. The van der Waals surface area contributed by atoms with Crippen LogP contribution in [0.3, 0.4) is 0 Å². The van der Waals surface area contributed by atoms with Crippen molar-refractivity contribution in [1.82, 2.24) is 4.98 Å². The van der Waals surface area contributed by atoms with E-state index < -0.39 is 5.97 Å². The quantitative estimate of drug-likeness (QED) is 0.804. The van der Waals surface area contributed by atoms with Gasteiger partial charge in [-0.05, 0) is 13.0 Å². The van der Waals surface area contributed by atoms with Crippen LogP contribution in [-0.4, -0.2) is 43.9 Å². The molecule has 2 N–H and O–H groups in total. The Hall–Kier alpha value is -2.33. The zero-order valence-electron chi connectivity index (χ0n) is 11.3. The molecule has 20 heavy (non-hydrogen) atoms. The van der Waals surface area contributed by atoms with Gasteiger partial charge in [0.05, 0.1) is 25.4 Å². The summed E-state index contributed by atoms with van der Waals surface area (Å²) in [5.41, 5.74) is 6.24. The molecule has 7 heteroatoms. The van der Waals surface area contributed by atoms with Gasteiger partial charge in [0.2, 0.25) is 0 Å². The summed E-state index contributed by atoms with van der Waals surface area (Å²) in [6.45, 7) is 4.37. The summed E-state index contributed by atoms with van der Waals surface area (Å²) in [4.78, 5) is 17.9. The zero-order chi connectivity index (χ0) is 14.5. The Morgan fingerprint density at radius 3 is 2.90 bits per heavy atom. The van der Waals surface area contributed by atoms with E-state index in [4.69, 9.17) is 15.2 Å². The van der Waals surface area contributed by atoms with Gasteiger partial charge in [0.25, 0.3) is 0 Å². The summed E-state index contributed by atoms with van der Waals surface area (Å²) in [6, 6.07) is 3.48. The average molecular weight is 276 g/mol. The first-order chi connectivity index (χ1) is 9.67. The molecule has 0 atom stereocenters. The number of esters is 1. The fraction of sp³-hybridized carbons (Fsp3) is 0.462. The third kappa shape index (κ3) is 2.81. The van der Waals surface area contributed by atoms with E-state index in [1.54, 1.807) is 6.92 Å². The number of aromatic nitrogens is 1. The average Bonchev–Trinajstić information content (AvgIpc) is 2.48. The highest BCUT2D eigenvalue weighted by Gasteiger charge is 2.21. The minimum Gasteiger partial charge on any atom is -0.462 e. The Morgan fingerprint density at radius 2 is 2.30 bits per heavy atom. The van der Waals surface area contributed by atoms with Crippen LogP contribution in [0.1, 0.15) is 22.8 Å². The molecular formula is C13H16N4O3. The minimum atomic E-state index is -0.567. The van der Waals surface area contributed by atoms with Crippen molar-refractivity contribution in [3.63, 3.8) is 0 Å². The topological polar surface area (TPSA) is 101 Å². The summed E-state index contributed by atoms with van der Waals surface area (Å²) < 4.78 is 10.2. The van der Waals surface area contributed by atoms with E-state index in [9.17, 15) is 10.1 Å². The van der Waals surface area contributed by atoms with Crippen LogP contribution in [0.15, 0.2) is 6.07 Å². The van der Waals surface area contributed by atoms with Gasteiger partial charge in [-0.1, -0.05) is 0 Å². The molecule has 0 radical (unpaired) electrons. The van der Waals surface area contributed by atoms with Gasteiger partial charge < -0.3 is 20.1 Å². The molecule has 0 spiro atoms. The smallest absolute Gasteiger partial charge is 0.341 e. The molecule has 106 valence electrons. The minimum absolute atomic E-state index is 0.0731. The van der Waals surface area contributed by atoms with Crippen molar-refractivity contribution in [2.75, 3.05) is 43.5 Å². The zero-order valence-corrected chi connectivity index (χ0v) is 11.3. The molecule has 1 aliphatic rings. The van der Waals surface area contributed by atoms with Gasteiger partial charge in [-0.3, -0.25) is 0 Å². The van der Waals surface area contributed by atoms with Crippen LogP contribution in [0.25, 0.3) is 0 Å². The second kappa shape index (κ2) is 6.21. The maximum absolute atomic E-state index is 11.7. The van der Waals surface area contributed by atoms with Crippen LogP contribution in [0.4, 0.5) is 11.6 Å². The van der Waals surface area contributed by atoms with Gasteiger partial charge in [0.1, 0.15) is 23.3 Å². The van der Waals surface area contributed by atoms with E-state index in [1.807, 2.05) is 11.0 Å². The monoisotopic (exact) mass is 276 g/mol. The lowest BCUT2D eigenvalue weighted by Crippen LogP contribution is -2.37. The number of ether oxygens (including phenoxy) is 2. The number of hydrogen-bond donors (Lipinski definition) is 1. The molecule has 0 aliphatic carbocycles. The highest BCUT2D eigenvalue weighted by molar-refractivity contribution is 5.95. The predicted molar refractivity (Wildman–Crippen MR) is 72.4 cm³/mol. The Kier molecular flexibility index (Phi) is 4.38. The van der Waals surface area contributed by atoms with Gasteiger partial charge in [0, 0.05) is 13.1 Å². The third-order valence-corrected chi connectivity index (χ3v) is 2.96. The molecule has 1 aromatic heterocycles. The Balaban J connectivity index is 2.37. The first kappa shape index (κ1) is 14.1. The van der Waals surface area contributed by atoms with Crippen LogP contribution in [-0.2, 0) is 9.47 Å². The molecule has 0 saturated carbocycles. The highest BCUT2D eigenvalue weighted by atomic mass is 16.5. The van der Waals surface area contributed by atoms with Crippen LogP contribution in [0.5, 0.6) is 0 Å². The first-order valence-corrected chi connectivity index (χ1v) is 6.37. The normalized spacial score (nSPS) is 14.7. The van der Waals surface area contributed by atoms with Gasteiger partial charge in [-0.25, -0.2) is 9.78 Å². The van der Waals surface area contributed by atoms with E-state index in [0.29, 0.717) is 37.7 Å². The van der Waals surface area contributed by atoms with Crippen LogP contribution < -0.4 is 10.6 Å². The van der Waals surface area contributed by atoms with Crippen molar-refractivity contribution in [2.45, 2.75) is 6.92 Å². The summed E-state index contributed by atoms with van der Waals surface area (Å²) in [7, 11) is 0. The summed E-state index contributed by atoms with van der Waals surface area (Å²) in [5, 5.41) is 9.24. The van der Waals surface area contributed by atoms with E-state index in [1.165, 1.54) is 6.07 Å². The Morgan fingerprint density at radius 1 is 1.60 bits per heavy atom. The Labute approximate surface area is 116 Å². The van der Waals surface area contributed by atoms with Crippen LogP contribution >= 0.6 is 0 Å². The van der Waals surface area contributed by atoms with Crippen molar-refractivity contribution in [3.05, 3.63) is 17.2 Å². The van der Waals surface area contributed by atoms with Gasteiger partial charge in [-0.15, -0.1) is 0 Å². The SMILES string of the molecule is CCOC(=O)c1cc(C#N)c(N2CCOCC2)nc1N. The molecule has 0 unspecified atom stereocenters. The van der Waals surface area contributed by atoms with Crippen molar-refractivity contribution < 1.29 is 14.3 Å². The number of pyridine rings is 1. The molecule has 2 rings (SSSR count). The highest BCUT2D eigenvalue weighted by Crippen LogP contribution is 2.23. The van der Waals surface area contributed by atoms with Crippen LogP contribution in [0, 0.1) is 11.3 Å². The standard InChI is InChI=1S/C13H16N4O3/c1-2-20-13(18)10-7-9(8-14)12(16-11(10)15)17-3-5-19-6-4-17/h7H,2-6H2,1H3,(H2,15,16). The number of hydrogen-bond acceptors (Lipinski definition) is 7. The lowest BCUT2D eigenvalue weighted by atomic mass is 10.1. The summed E-state index contributed by atoms with van der Waals surface area (Å²) >= 11 is 0. The molecular weight excluding hydrogens is 260 g/mol.